The molecule has 0 bridgehead atoms. The van der Waals surface area contributed by atoms with E-state index in [1.54, 1.807) is 32.4 Å². The molecule has 0 aliphatic heterocycles. The van der Waals surface area contributed by atoms with Gasteiger partial charge in [0.2, 0.25) is 5.91 Å². The smallest absolute Gasteiger partial charge is 0.234 e. The second-order valence-corrected chi connectivity index (χ2v) is 7.81. The SMILES string of the molecule is COc1ccc(NC(=O)CSc2ncc(-c3ccccc3)n2-c2ccccc2)cc1OC. The predicted molar refractivity (Wildman–Crippen MR) is 128 cm³/mol. The van der Waals surface area contributed by atoms with Crippen LogP contribution < -0.4 is 14.8 Å². The van der Waals surface area contributed by atoms with Crippen molar-refractivity contribution >= 4 is 23.4 Å². The first-order chi connectivity index (χ1) is 15.7. The number of nitrogens with zero attached hydrogens (tertiary/aromatic N) is 2. The largest absolute Gasteiger partial charge is 0.493 e. The van der Waals surface area contributed by atoms with Crippen molar-refractivity contribution in [3.63, 3.8) is 0 Å². The fourth-order valence-corrected chi connectivity index (χ4v) is 4.11. The Morgan fingerprint density at radius 3 is 2.31 bits per heavy atom. The highest BCUT2D eigenvalue weighted by atomic mass is 32.2. The quantitative estimate of drug-likeness (QED) is 0.374. The van der Waals surface area contributed by atoms with Gasteiger partial charge in [0.15, 0.2) is 16.7 Å². The van der Waals surface area contributed by atoms with Gasteiger partial charge in [0.25, 0.3) is 0 Å². The lowest BCUT2D eigenvalue weighted by Crippen LogP contribution is -2.14. The molecule has 4 rings (SSSR count). The van der Waals surface area contributed by atoms with Crippen molar-refractivity contribution in [3.8, 4) is 28.4 Å². The standard InChI is InChI=1S/C25H23N3O3S/c1-30-22-14-13-19(15-23(22)31-2)27-24(29)17-32-25-26-16-21(18-9-5-3-6-10-18)28(25)20-11-7-4-8-12-20/h3-16H,17H2,1-2H3,(H,27,29). The molecule has 1 N–H and O–H groups in total. The lowest BCUT2D eigenvalue weighted by atomic mass is 10.1. The Kier molecular flexibility index (Phi) is 6.77. The lowest BCUT2D eigenvalue weighted by molar-refractivity contribution is -0.113. The van der Waals surface area contributed by atoms with E-state index in [0.29, 0.717) is 17.2 Å². The number of amides is 1. The number of rotatable bonds is 8. The number of carbonyl (C=O) groups is 1. The number of benzene rings is 3. The minimum Gasteiger partial charge on any atom is -0.493 e. The highest BCUT2D eigenvalue weighted by Crippen LogP contribution is 2.31. The van der Waals surface area contributed by atoms with Crippen LogP contribution in [-0.2, 0) is 4.79 Å². The minimum atomic E-state index is -0.133. The van der Waals surface area contributed by atoms with Crippen molar-refractivity contribution in [3.05, 3.63) is 85.1 Å². The average molecular weight is 446 g/mol. The van der Waals surface area contributed by atoms with Crippen LogP contribution in [0.4, 0.5) is 5.69 Å². The molecule has 32 heavy (non-hydrogen) atoms. The van der Waals surface area contributed by atoms with E-state index in [1.165, 1.54) is 11.8 Å². The molecule has 0 atom stereocenters. The summed E-state index contributed by atoms with van der Waals surface area (Å²) in [5, 5.41) is 3.65. The summed E-state index contributed by atoms with van der Waals surface area (Å²) in [7, 11) is 3.14. The Hall–Kier alpha value is -3.71. The third-order valence-corrected chi connectivity index (χ3v) is 5.77. The van der Waals surface area contributed by atoms with Crippen LogP contribution in [0.3, 0.4) is 0 Å². The van der Waals surface area contributed by atoms with Crippen LogP contribution in [0.5, 0.6) is 11.5 Å². The Morgan fingerprint density at radius 2 is 1.62 bits per heavy atom. The Bertz CT molecular complexity index is 1190. The first kappa shape index (κ1) is 21.5. The zero-order chi connectivity index (χ0) is 22.3. The molecule has 1 amide bonds. The van der Waals surface area contributed by atoms with Gasteiger partial charge in [-0.25, -0.2) is 4.98 Å². The van der Waals surface area contributed by atoms with E-state index in [4.69, 9.17) is 9.47 Å². The second-order valence-electron chi connectivity index (χ2n) is 6.87. The van der Waals surface area contributed by atoms with Gasteiger partial charge < -0.3 is 14.8 Å². The summed E-state index contributed by atoms with van der Waals surface area (Å²) in [6, 6.07) is 25.4. The molecule has 0 saturated heterocycles. The van der Waals surface area contributed by atoms with E-state index in [9.17, 15) is 4.79 Å². The third-order valence-electron chi connectivity index (χ3n) is 4.81. The van der Waals surface area contributed by atoms with Gasteiger partial charge in [0.1, 0.15) is 0 Å². The van der Waals surface area contributed by atoms with Crippen LogP contribution in [0.1, 0.15) is 0 Å². The van der Waals surface area contributed by atoms with E-state index >= 15 is 0 Å². The van der Waals surface area contributed by atoms with Gasteiger partial charge in [-0.2, -0.15) is 0 Å². The number of methoxy groups -OCH3 is 2. The number of thioether (sulfide) groups is 1. The molecule has 7 heteroatoms. The van der Waals surface area contributed by atoms with Gasteiger partial charge in [-0.3, -0.25) is 9.36 Å². The molecular formula is C25H23N3O3S. The van der Waals surface area contributed by atoms with Crippen molar-refractivity contribution < 1.29 is 14.3 Å². The van der Waals surface area contributed by atoms with E-state index in [1.807, 2.05) is 54.7 Å². The molecule has 0 spiro atoms. The third kappa shape index (κ3) is 4.78. The highest BCUT2D eigenvalue weighted by Gasteiger charge is 2.16. The second kappa shape index (κ2) is 10.1. The van der Waals surface area contributed by atoms with Crippen LogP contribution in [0, 0.1) is 0 Å². The number of imidazole rings is 1. The van der Waals surface area contributed by atoms with Gasteiger partial charge in [0, 0.05) is 23.0 Å². The fourth-order valence-electron chi connectivity index (χ4n) is 3.32. The molecule has 1 aromatic heterocycles. The number of aromatic nitrogens is 2. The summed E-state index contributed by atoms with van der Waals surface area (Å²) >= 11 is 1.39. The van der Waals surface area contributed by atoms with Crippen LogP contribution >= 0.6 is 11.8 Å². The highest BCUT2D eigenvalue weighted by molar-refractivity contribution is 7.99. The van der Waals surface area contributed by atoms with Crippen molar-refractivity contribution in [1.29, 1.82) is 0 Å². The zero-order valence-corrected chi connectivity index (χ0v) is 18.6. The lowest BCUT2D eigenvalue weighted by Gasteiger charge is -2.13. The monoisotopic (exact) mass is 445 g/mol. The summed E-state index contributed by atoms with van der Waals surface area (Å²) in [5.41, 5.74) is 3.67. The fraction of sp³-hybridized carbons (Fsp3) is 0.120. The molecule has 4 aromatic rings. The maximum absolute atomic E-state index is 12.6. The predicted octanol–water partition coefficient (Wildman–Crippen LogP) is 5.29. The molecule has 162 valence electrons. The maximum Gasteiger partial charge on any atom is 0.234 e. The number of nitrogens with one attached hydrogen (secondary N) is 1. The number of ether oxygens (including phenoxy) is 2. The van der Waals surface area contributed by atoms with Crippen LogP contribution in [0.2, 0.25) is 0 Å². The normalized spacial score (nSPS) is 10.6. The maximum atomic E-state index is 12.6. The summed E-state index contributed by atoms with van der Waals surface area (Å²) in [6.07, 6.45) is 1.84. The van der Waals surface area contributed by atoms with Crippen LogP contribution in [-0.4, -0.2) is 35.4 Å². The topological polar surface area (TPSA) is 65.4 Å². The first-order valence-corrected chi connectivity index (χ1v) is 11.0. The van der Waals surface area contributed by atoms with E-state index in [-0.39, 0.29) is 11.7 Å². The molecule has 0 radical (unpaired) electrons. The van der Waals surface area contributed by atoms with Crippen LogP contribution in [0.15, 0.2) is 90.2 Å². The van der Waals surface area contributed by atoms with Crippen molar-refractivity contribution in [2.45, 2.75) is 5.16 Å². The molecule has 0 saturated carbocycles. The van der Waals surface area contributed by atoms with E-state index in [0.717, 1.165) is 22.1 Å². The summed E-state index contributed by atoms with van der Waals surface area (Å²) in [4.78, 5) is 17.2. The van der Waals surface area contributed by atoms with Gasteiger partial charge in [-0.15, -0.1) is 0 Å². The molecule has 1 heterocycles. The van der Waals surface area contributed by atoms with E-state index < -0.39 is 0 Å². The minimum absolute atomic E-state index is 0.133. The number of carbonyl (C=O) groups excluding carboxylic acids is 1. The van der Waals surface area contributed by atoms with Crippen LogP contribution in [0.25, 0.3) is 16.9 Å². The van der Waals surface area contributed by atoms with Gasteiger partial charge in [-0.05, 0) is 24.3 Å². The number of hydrogen-bond donors (Lipinski definition) is 1. The summed E-state index contributed by atoms with van der Waals surface area (Å²) in [6.45, 7) is 0. The zero-order valence-electron chi connectivity index (χ0n) is 17.8. The molecule has 6 nitrogen and oxygen atoms in total. The molecule has 3 aromatic carbocycles. The molecule has 0 aliphatic rings. The molecule has 0 fully saturated rings. The Balaban J connectivity index is 1.53. The Morgan fingerprint density at radius 1 is 0.938 bits per heavy atom. The van der Waals surface area contributed by atoms with Crippen molar-refractivity contribution in [2.24, 2.45) is 0 Å². The number of para-hydroxylation sites is 1. The van der Waals surface area contributed by atoms with Gasteiger partial charge in [-0.1, -0.05) is 60.3 Å². The number of anilines is 1. The number of hydrogen-bond acceptors (Lipinski definition) is 5. The summed E-state index contributed by atoms with van der Waals surface area (Å²) < 4.78 is 12.6. The molecular weight excluding hydrogens is 422 g/mol. The van der Waals surface area contributed by atoms with Gasteiger partial charge >= 0.3 is 0 Å². The van der Waals surface area contributed by atoms with E-state index in [2.05, 4.69) is 27.0 Å². The first-order valence-electron chi connectivity index (χ1n) is 10.0. The summed E-state index contributed by atoms with van der Waals surface area (Å²) in [5.74, 6) is 1.25. The molecule has 0 unspecified atom stereocenters. The van der Waals surface area contributed by atoms with Crippen molar-refractivity contribution in [2.75, 3.05) is 25.3 Å². The average Bonchev–Trinajstić information content (AvgIpc) is 3.28. The van der Waals surface area contributed by atoms with Gasteiger partial charge in [0.05, 0.1) is 31.9 Å². The Labute approximate surface area is 191 Å². The molecule has 0 aliphatic carbocycles. The van der Waals surface area contributed by atoms with Crippen molar-refractivity contribution in [1.82, 2.24) is 9.55 Å².